The molecule has 0 heterocycles. The molecule has 0 unspecified atom stereocenters. The zero-order chi connectivity index (χ0) is 17.1. The Morgan fingerprint density at radius 3 is 2.42 bits per heavy atom. The first kappa shape index (κ1) is 17.1. The van der Waals surface area contributed by atoms with E-state index in [2.05, 4.69) is 20.8 Å². The van der Waals surface area contributed by atoms with Gasteiger partial charge in [0.05, 0.1) is 0 Å². The molecule has 0 amide bonds. The Morgan fingerprint density at radius 2 is 1.67 bits per heavy atom. The Bertz CT molecular complexity index is 514. The summed E-state index contributed by atoms with van der Waals surface area (Å²) in [6, 6.07) is 0. The van der Waals surface area contributed by atoms with E-state index in [1.54, 1.807) is 0 Å². The number of hydrogen-bond acceptors (Lipinski definition) is 2. The van der Waals surface area contributed by atoms with Crippen molar-refractivity contribution in [2.45, 2.75) is 78.6 Å². The second-order valence-corrected chi connectivity index (χ2v) is 10.3. The summed E-state index contributed by atoms with van der Waals surface area (Å²) in [6.45, 7) is 7.20. The Labute approximate surface area is 147 Å². The fraction of sp³-hybridized carbons (Fsp3) is 0.955. The van der Waals surface area contributed by atoms with E-state index in [9.17, 15) is 9.90 Å². The molecule has 0 saturated heterocycles. The zero-order valence-corrected chi connectivity index (χ0v) is 15.9. The number of carbonyl (C=O) groups is 1. The lowest BCUT2D eigenvalue weighted by Gasteiger charge is -2.61. The maximum Gasteiger partial charge on any atom is 0.161 e. The van der Waals surface area contributed by atoms with Gasteiger partial charge in [-0.1, -0.05) is 27.2 Å². The van der Waals surface area contributed by atoms with Crippen molar-refractivity contribution >= 4 is 5.78 Å². The van der Waals surface area contributed by atoms with Gasteiger partial charge in [-0.3, -0.25) is 4.79 Å². The van der Waals surface area contributed by atoms with Crippen LogP contribution in [-0.4, -0.2) is 17.5 Å². The lowest BCUT2D eigenvalue weighted by atomic mass is 9.44. The standard InChI is InChI=1S/C22H36O2/c1-14-8-10-21(2)15(12-14)4-5-16-17-6-7-19(20(24)13-23)22(17,3)11-9-18(16)21/h14-19,23H,4-13H2,1-3H3/t14-,15-,16-,17-,18-,19+,21-,22-/m0/s1. The summed E-state index contributed by atoms with van der Waals surface area (Å²) in [4.78, 5) is 12.3. The van der Waals surface area contributed by atoms with Crippen molar-refractivity contribution in [3.63, 3.8) is 0 Å². The van der Waals surface area contributed by atoms with E-state index in [0.717, 1.165) is 36.0 Å². The first-order valence-electron chi connectivity index (χ1n) is 10.5. The highest BCUT2D eigenvalue weighted by Crippen LogP contribution is 2.67. The van der Waals surface area contributed by atoms with Crippen LogP contribution in [0.4, 0.5) is 0 Å². The minimum absolute atomic E-state index is 0.116. The van der Waals surface area contributed by atoms with Crippen molar-refractivity contribution in [2.75, 3.05) is 6.61 Å². The third-order valence-electron chi connectivity index (χ3n) is 9.47. The molecule has 0 aromatic heterocycles. The summed E-state index contributed by atoms with van der Waals surface area (Å²) >= 11 is 0. The van der Waals surface area contributed by atoms with Crippen molar-refractivity contribution < 1.29 is 9.90 Å². The van der Waals surface area contributed by atoms with E-state index in [1.807, 2.05) is 0 Å². The third-order valence-corrected chi connectivity index (χ3v) is 9.47. The summed E-state index contributed by atoms with van der Waals surface area (Å²) in [7, 11) is 0. The Morgan fingerprint density at radius 1 is 0.958 bits per heavy atom. The molecule has 24 heavy (non-hydrogen) atoms. The summed E-state index contributed by atoms with van der Waals surface area (Å²) in [5.74, 6) is 4.58. The van der Waals surface area contributed by atoms with Gasteiger partial charge in [0.15, 0.2) is 5.78 Å². The fourth-order valence-corrected chi connectivity index (χ4v) is 8.11. The number of carbonyl (C=O) groups excluding carboxylic acids is 1. The van der Waals surface area contributed by atoms with E-state index in [-0.39, 0.29) is 23.7 Å². The topological polar surface area (TPSA) is 37.3 Å². The normalized spacial score (nSPS) is 53.8. The number of rotatable bonds is 2. The van der Waals surface area contributed by atoms with Gasteiger partial charge in [0.2, 0.25) is 0 Å². The number of aliphatic hydroxyl groups excluding tert-OH is 1. The summed E-state index contributed by atoms with van der Waals surface area (Å²) in [5, 5.41) is 9.40. The van der Waals surface area contributed by atoms with Gasteiger partial charge in [0.25, 0.3) is 0 Å². The van der Waals surface area contributed by atoms with Crippen LogP contribution in [-0.2, 0) is 4.79 Å². The maximum absolute atomic E-state index is 12.3. The van der Waals surface area contributed by atoms with E-state index in [4.69, 9.17) is 0 Å². The van der Waals surface area contributed by atoms with Gasteiger partial charge in [-0.15, -0.1) is 0 Å². The van der Waals surface area contributed by atoms with E-state index >= 15 is 0 Å². The lowest BCUT2D eigenvalue weighted by Crippen LogP contribution is -2.53. The third kappa shape index (κ3) is 2.27. The summed E-state index contributed by atoms with van der Waals surface area (Å²) < 4.78 is 0. The molecule has 0 bridgehead atoms. The van der Waals surface area contributed by atoms with Gasteiger partial charge in [0.1, 0.15) is 6.61 Å². The van der Waals surface area contributed by atoms with Crippen LogP contribution < -0.4 is 0 Å². The molecule has 0 aromatic rings. The number of ketones is 1. The van der Waals surface area contributed by atoms with E-state index in [0.29, 0.717) is 5.41 Å². The van der Waals surface area contributed by atoms with Gasteiger partial charge in [-0.25, -0.2) is 0 Å². The molecule has 8 atom stereocenters. The highest BCUT2D eigenvalue weighted by Gasteiger charge is 2.60. The Balaban J connectivity index is 1.60. The molecule has 4 fully saturated rings. The van der Waals surface area contributed by atoms with Crippen LogP contribution in [0.2, 0.25) is 0 Å². The molecule has 4 aliphatic carbocycles. The van der Waals surface area contributed by atoms with Crippen molar-refractivity contribution in [2.24, 2.45) is 46.3 Å². The van der Waals surface area contributed by atoms with Gasteiger partial charge in [-0.2, -0.15) is 0 Å². The maximum atomic E-state index is 12.3. The predicted molar refractivity (Wildman–Crippen MR) is 96.5 cm³/mol. The van der Waals surface area contributed by atoms with Crippen molar-refractivity contribution in [1.82, 2.24) is 0 Å². The fourth-order valence-electron chi connectivity index (χ4n) is 8.11. The van der Waals surface area contributed by atoms with Crippen LogP contribution in [0.5, 0.6) is 0 Å². The SMILES string of the molecule is C[C@H]1CC[C@@]2(C)[C@@H](CC[C@@H]3[C@@H]2CC[C@]2(C)[C@@H](C(=O)CO)CC[C@@H]32)C1. The molecule has 4 rings (SSSR count). The number of hydrogen-bond donors (Lipinski definition) is 1. The van der Waals surface area contributed by atoms with Gasteiger partial charge in [-0.05, 0) is 91.8 Å². The van der Waals surface area contributed by atoms with Crippen molar-refractivity contribution in [3.05, 3.63) is 0 Å². The average Bonchev–Trinajstić information content (AvgIpc) is 2.92. The van der Waals surface area contributed by atoms with E-state index in [1.165, 1.54) is 51.4 Å². The molecule has 2 heteroatoms. The predicted octanol–water partition coefficient (Wildman–Crippen LogP) is 4.84. The molecule has 2 nitrogen and oxygen atoms in total. The largest absolute Gasteiger partial charge is 0.389 e. The number of aliphatic hydroxyl groups is 1. The minimum atomic E-state index is -0.251. The molecule has 136 valence electrons. The van der Waals surface area contributed by atoms with Gasteiger partial charge in [0, 0.05) is 5.92 Å². The Hall–Kier alpha value is -0.370. The molecule has 0 aliphatic heterocycles. The number of fused-ring (bicyclic) bond motifs is 5. The molecule has 4 aliphatic rings. The number of Topliss-reactive ketones (excluding diaryl/α,β-unsaturated/α-hetero) is 1. The first-order chi connectivity index (χ1) is 11.4. The molecule has 0 spiro atoms. The molecule has 4 saturated carbocycles. The van der Waals surface area contributed by atoms with Crippen LogP contribution >= 0.6 is 0 Å². The Kier molecular flexibility index (Phi) is 4.14. The molecule has 0 radical (unpaired) electrons. The summed E-state index contributed by atoms with van der Waals surface area (Å²) in [5.41, 5.74) is 0.738. The zero-order valence-electron chi connectivity index (χ0n) is 15.9. The first-order valence-corrected chi connectivity index (χ1v) is 10.5. The van der Waals surface area contributed by atoms with Crippen molar-refractivity contribution in [3.8, 4) is 0 Å². The van der Waals surface area contributed by atoms with E-state index < -0.39 is 0 Å². The van der Waals surface area contributed by atoms with Crippen LogP contribution in [0.25, 0.3) is 0 Å². The van der Waals surface area contributed by atoms with Crippen LogP contribution in [0.15, 0.2) is 0 Å². The van der Waals surface area contributed by atoms with Gasteiger partial charge >= 0.3 is 0 Å². The van der Waals surface area contributed by atoms with Crippen LogP contribution in [0, 0.1) is 46.3 Å². The highest BCUT2D eigenvalue weighted by molar-refractivity contribution is 5.83. The van der Waals surface area contributed by atoms with Crippen molar-refractivity contribution in [1.29, 1.82) is 0 Å². The summed E-state index contributed by atoms with van der Waals surface area (Å²) in [6.07, 6.45) is 11.9. The van der Waals surface area contributed by atoms with Gasteiger partial charge < -0.3 is 5.11 Å². The highest BCUT2D eigenvalue weighted by atomic mass is 16.3. The smallest absolute Gasteiger partial charge is 0.161 e. The van der Waals surface area contributed by atoms with Crippen LogP contribution in [0.3, 0.4) is 0 Å². The second kappa shape index (κ2) is 5.83. The monoisotopic (exact) mass is 332 g/mol. The van der Waals surface area contributed by atoms with Crippen LogP contribution in [0.1, 0.15) is 78.6 Å². The lowest BCUT2D eigenvalue weighted by molar-refractivity contribution is -0.138. The second-order valence-electron chi connectivity index (χ2n) is 10.3. The molecular weight excluding hydrogens is 296 g/mol. The molecule has 0 aromatic carbocycles. The average molecular weight is 333 g/mol. The molecular formula is C22H36O2. The minimum Gasteiger partial charge on any atom is -0.389 e. The quantitative estimate of drug-likeness (QED) is 0.785. The molecule has 1 N–H and O–H groups in total.